The highest BCUT2D eigenvalue weighted by Gasteiger charge is 2.40. The fourth-order valence-corrected chi connectivity index (χ4v) is 6.70. The number of benzene rings is 1. The first-order chi connectivity index (χ1) is 20.6. The lowest BCUT2D eigenvalue weighted by atomic mass is 9.77. The minimum absolute atomic E-state index is 0.346. The predicted octanol–water partition coefficient (Wildman–Crippen LogP) is 4.50. The lowest BCUT2D eigenvalue weighted by Crippen LogP contribution is -2.44. The molecule has 0 aliphatic carbocycles. The van der Waals surface area contributed by atoms with E-state index in [0.717, 1.165) is 36.7 Å². The van der Waals surface area contributed by atoms with Gasteiger partial charge in [-0.15, -0.1) is 0 Å². The number of piperidine rings is 1. The number of aromatic nitrogens is 4. The third kappa shape index (κ3) is 9.39. The largest absolute Gasteiger partial charge is 0.482 e. The summed E-state index contributed by atoms with van der Waals surface area (Å²) in [7, 11) is 0. The van der Waals surface area contributed by atoms with Gasteiger partial charge in [-0.25, -0.2) is 14.8 Å². The molecule has 0 atom stereocenters. The van der Waals surface area contributed by atoms with Gasteiger partial charge in [-0.3, -0.25) is 4.90 Å². The zero-order chi connectivity index (χ0) is 30.3. The lowest BCUT2D eigenvalue weighted by Gasteiger charge is -2.41. The summed E-state index contributed by atoms with van der Waals surface area (Å²) in [6.45, 7) is 17.0. The number of nitrogens with one attached hydrogen (secondary N) is 1. The number of carboxylic acids is 1. The summed E-state index contributed by atoms with van der Waals surface area (Å²) in [5.41, 5.74) is 2.01. The van der Waals surface area contributed by atoms with E-state index in [1.165, 1.54) is 52.0 Å². The van der Waals surface area contributed by atoms with E-state index in [4.69, 9.17) is 14.8 Å². The van der Waals surface area contributed by atoms with Crippen LogP contribution in [0.4, 0.5) is 0 Å². The number of carboxylic acid groups (broad SMARTS) is 1. The number of nitrogens with zero attached hydrogens (tertiary/aromatic N) is 6. The number of aliphatic carboxylic acids is 1. The molecular weight excluding hydrogens is 542 g/mol. The van der Waals surface area contributed by atoms with E-state index in [-0.39, 0.29) is 6.61 Å². The van der Waals surface area contributed by atoms with Crippen LogP contribution in [0.2, 0.25) is 0 Å². The van der Waals surface area contributed by atoms with E-state index in [1.54, 1.807) is 6.20 Å². The van der Waals surface area contributed by atoms with Gasteiger partial charge in [0.25, 0.3) is 0 Å². The van der Waals surface area contributed by atoms with Crippen LogP contribution in [0.3, 0.4) is 0 Å². The number of likely N-dealkylation sites (tertiary alicyclic amines) is 2. The molecule has 234 valence electrons. The summed E-state index contributed by atoms with van der Waals surface area (Å²) < 4.78 is 7.59. The number of H-pyrrole nitrogens is 1. The lowest BCUT2D eigenvalue weighted by molar-refractivity contribution is -0.139. The molecule has 0 saturated carbocycles. The second kappa shape index (κ2) is 14.1. The highest BCUT2D eigenvalue weighted by atomic mass is 16.5. The quantitative estimate of drug-likeness (QED) is 0.283. The summed E-state index contributed by atoms with van der Waals surface area (Å²) in [4.78, 5) is 30.9. The number of aryl methyl sites for hydroxylation is 1. The van der Waals surface area contributed by atoms with E-state index in [2.05, 4.69) is 56.2 Å². The first-order valence-corrected chi connectivity index (χ1v) is 15.7. The zero-order valence-corrected chi connectivity index (χ0v) is 26.2. The van der Waals surface area contributed by atoms with Gasteiger partial charge in [0.15, 0.2) is 6.61 Å². The van der Waals surface area contributed by atoms with Crippen molar-refractivity contribution in [3.05, 3.63) is 66.3 Å². The molecule has 0 unspecified atom stereocenters. The molecule has 0 radical (unpaired) electrons. The third-order valence-electron chi connectivity index (χ3n) is 8.79. The Kier molecular flexibility index (Phi) is 10.2. The standard InChI is InChI=1S/C33H49N7O3/c1-32(2,3)25-38-18-10-33(11-19-38)9-17-37(26-33)15-4-16-40-20-14-36-30(40)23-39(22-29-34-12-13-35-29)21-27-5-7-28(8-6-27)43-24-31(41)42/h5-8,12-14,20H,4,9-11,15-19,21-26H2,1-3H3,(H,34,35)(H,41,42). The summed E-state index contributed by atoms with van der Waals surface area (Å²) >= 11 is 0. The van der Waals surface area contributed by atoms with E-state index in [9.17, 15) is 4.79 Å². The Labute approximate surface area is 256 Å². The minimum Gasteiger partial charge on any atom is -0.482 e. The van der Waals surface area contributed by atoms with E-state index in [0.29, 0.717) is 36.2 Å². The monoisotopic (exact) mass is 591 g/mol. The second-order valence-corrected chi connectivity index (χ2v) is 13.8. The molecule has 2 aliphatic rings. The molecular formula is C33H49N7O3. The fraction of sp³-hybridized carbons (Fsp3) is 0.606. The van der Waals surface area contributed by atoms with Crippen LogP contribution in [0.15, 0.2) is 49.1 Å². The summed E-state index contributed by atoms with van der Waals surface area (Å²) in [6, 6.07) is 7.61. The third-order valence-corrected chi connectivity index (χ3v) is 8.79. The summed E-state index contributed by atoms with van der Waals surface area (Å²) in [6.07, 6.45) is 12.8. The molecule has 2 N–H and O–H groups in total. The average molecular weight is 592 g/mol. The van der Waals surface area contributed by atoms with Gasteiger partial charge in [-0.2, -0.15) is 0 Å². The zero-order valence-electron chi connectivity index (χ0n) is 26.2. The Balaban J connectivity index is 1.12. The number of imidazole rings is 2. The van der Waals surface area contributed by atoms with Gasteiger partial charge >= 0.3 is 5.97 Å². The molecule has 5 rings (SSSR count). The topological polar surface area (TPSA) is 103 Å². The highest BCUT2D eigenvalue weighted by molar-refractivity contribution is 5.68. The molecule has 2 saturated heterocycles. The smallest absolute Gasteiger partial charge is 0.341 e. The van der Waals surface area contributed by atoms with Crippen molar-refractivity contribution in [2.45, 2.75) is 72.6 Å². The van der Waals surface area contributed by atoms with Crippen LogP contribution < -0.4 is 4.74 Å². The van der Waals surface area contributed by atoms with Crippen molar-refractivity contribution < 1.29 is 14.6 Å². The Morgan fingerprint density at radius 3 is 2.42 bits per heavy atom. The normalized spacial score (nSPS) is 17.7. The first-order valence-electron chi connectivity index (χ1n) is 15.7. The van der Waals surface area contributed by atoms with Crippen LogP contribution >= 0.6 is 0 Å². The molecule has 2 fully saturated rings. The molecule has 43 heavy (non-hydrogen) atoms. The van der Waals surface area contributed by atoms with Crippen LogP contribution in [0.1, 0.15) is 63.7 Å². The molecule has 10 nitrogen and oxygen atoms in total. The molecule has 1 spiro atoms. The molecule has 1 aromatic carbocycles. The van der Waals surface area contributed by atoms with Gasteiger partial charge in [0, 0.05) is 51.0 Å². The number of aromatic amines is 1. The maximum atomic E-state index is 10.8. The highest BCUT2D eigenvalue weighted by Crippen LogP contribution is 2.40. The average Bonchev–Trinajstić information content (AvgIpc) is 3.72. The Morgan fingerprint density at radius 1 is 1.00 bits per heavy atom. The number of hydrogen-bond acceptors (Lipinski definition) is 7. The van der Waals surface area contributed by atoms with Crippen molar-refractivity contribution in [3.63, 3.8) is 0 Å². The van der Waals surface area contributed by atoms with Crippen LogP contribution in [0, 0.1) is 10.8 Å². The number of rotatable bonds is 14. The van der Waals surface area contributed by atoms with Gasteiger partial charge in [0.05, 0.1) is 13.1 Å². The molecule has 10 heteroatoms. The van der Waals surface area contributed by atoms with Crippen LogP contribution in [0.5, 0.6) is 5.75 Å². The molecule has 0 bridgehead atoms. The SMILES string of the molecule is CC(C)(C)CN1CCC2(CC1)CCN(CCCn1ccnc1CN(Cc1ccc(OCC(=O)O)cc1)Cc1ncc[nH]1)C2. The van der Waals surface area contributed by atoms with Gasteiger partial charge in [-0.05, 0) is 80.4 Å². The Hall–Kier alpha value is -3.21. The predicted molar refractivity (Wildman–Crippen MR) is 167 cm³/mol. The summed E-state index contributed by atoms with van der Waals surface area (Å²) in [5.74, 6) is 1.53. The van der Waals surface area contributed by atoms with Gasteiger partial charge in [0.1, 0.15) is 17.4 Å². The molecule has 3 aromatic rings. The van der Waals surface area contributed by atoms with Gasteiger partial charge in [-0.1, -0.05) is 32.9 Å². The van der Waals surface area contributed by atoms with Crippen molar-refractivity contribution in [3.8, 4) is 5.75 Å². The van der Waals surface area contributed by atoms with Gasteiger partial charge in [0.2, 0.25) is 0 Å². The molecule has 2 aliphatic heterocycles. The van der Waals surface area contributed by atoms with Gasteiger partial charge < -0.3 is 29.2 Å². The first kappa shape index (κ1) is 31.2. The van der Waals surface area contributed by atoms with E-state index < -0.39 is 5.97 Å². The van der Waals surface area contributed by atoms with Crippen molar-refractivity contribution in [1.29, 1.82) is 0 Å². The Morgan fingerprint density at radius 2 is 1.74 bits per heavy atom. The van der Waals surface area contributed by atoms with E-state index in [1.807, 2.05) is 36.7 Å². The van der Waals surface area contributed by atoms with Crippen molar-refractivity contribution in [2.75, 3.05) is 45.9 Å². The Bertz CT molecular complexity index is 1270. The van der Waals surface area contributed by atoms with Crippen LogP contribution in [-0.2, 0) is 31.0 Å². The van der Waals surface area contributed by atoms with Crippen molar-refractivity contribution in [1.82, 2.24) is 34.2 Å². The van der Waals surface area contributed by atoms with Crippen LogP contribution in [-0.4, -0.2) is 91.2 Å². The maximum Gasteiger partial charge on any atom is 0.341 e. The summed E-state index contributed by atoms with van der Waals surface area (Å²) in [5, 5.41) is 8.86. The second-order valence-electron chi connectivity index (χ2n) is 13.8. The van der Waals surface area contributed by atoms with E-state index >= 15 is 0 Å². The van der Waals surface area contributed by atoms with Crippen molar-refractivity contribution in [2.24, 2.45) is 10.8 Å². The molecule has 0 amide bonds. The number of carbonyl (C=O) groups is 1. The number of hydrogen-bond donors (Lipinski definition) is 2. The molecule has 4 heterocycles. The minimum atomic E-state index is -0.985. The number of ether oxygens (including phenoxy) is 1. The van der Waals surface area contributed by atoms with Crippen molar-refractivity contribution >= 4 is 5.97 Å². The van der Waals surface area contributed by atoms with Crippen LogP contribution in [0.25, 0.3) is 0 Å². The fourth-order valence-electron chi connectivity index (χ4n) is 6.70. The molecule has 2 aromatic heterocycles. The maximum absolute atomic E-state index is 10.8.